The molecule has 94 valence electrons. The second kappa shape index (κ2) is 4.95. The lowest BCUT2D eigenvalue weighted by atomic mass is 10.2. The van der Waals surface area contributed by atoms with Crippen molar-refractivity contribution in [1.82, 2.24) is 4.98 Å². The van der Waals surface area contributed by atoms with Gasteiger partial charge in [-0.3, -0.25) is 4.79 Å². The molecule has 0 saturated heterocycles. The van der Waals surface area contributed by atoms with Gasteiger partial charge in [0.2, 0.25) is 0 Å². The fraction of sp³-hybridized carbons (Fsp3) is 0.182. The number of thiocarbonyl (C=S) groups is 1. The molecule has 18 heavy (non-hydrogen) atoms. The van der Waals surface area contributed by atoms with Gasteiger partial charge in [-0.05, 0) is 25.1 Å². The van der Waals surface area contributed by atoms with Crippen molar-refractivity contribution >= 4 is 52.6 Å². The molecule has 1 atom stereocenters. The Kier molecular flexibility index (Phi) is 3.53. The van der Waals surface area contributed by atoms with Crippen LogP contribution in [0.5, 0.6) is 0 Å². The van der Waals surface area contributed by atoms with Crippen molar-refractivity contribution in [3.05, 3.63) is 18.2 Å². The highest BCUT2D eigenvalue weighted by Crippen LogP contribution is 2.22. The maximum Gasteiger partial charge on any atom is 0.313 e. The van der Waals surface area contributed by atoms with E-state index in [1.807, 2.05) is 0 Å². The van der Waals surface area contributed by atoms with Crippen molar-refractivity contribution in [2.45, 2.75) is 12.1 Å². The average Bonchev–Trinajstić information content (AvgIpc) is 2.67. The second-order valence-electron chi connectivity index (χ2n) is 3.73. The van der Waals surface area contributed by atoms with Crippen LogP contribution in [0.15, 0.2) is 27.8 Å². The third kappa shape index (κ3) is 2.62. The number of fused-ring (bicyclic) bond motifs is 1. The standard InChI is InChI=1S/C11H10N2O3S2/c1-5(10(14)15)9(17)12-6-2-3-8-7(4-6)13-11(18)16-8/h2-5H,1H3,(H,12,17)(H,13,18)(H,14,15). The predicted octanol–water partition coefficient (Wildman–Crippen LogP) is 2.58. The number of rotatable bonds is 3. The molecule has 0 saturated carbocycles. The van der Waals surface area contributed by atoms with Crippen LogP contribution in [0.4, 0.5) is 5.69 Å². The number of anilines is 1. The van der Waals surface area contributed by atoms with Crippen molar-refractivity contribution < 1.29 is 14.3 Å². The number of oxazole rings is 1. The number of thiol groups is 1. The minimum Gasteiger partial charge on any atom is -0.481 e. The predicted molar refractivity (Wildman–Crippen MR) is 74.3 cm³/mol. The smallest absolute Gasteiger partial charge is 0.313 e. The van der Waals surface area contributed by atoms with Gasteiger partial charge in [-0.2, -0.15) is 0 Å². The van der Waals surface area contributed by atoms with E-state index in [4.69, 9.17) is 21.7 Å². The Morgan fingerprint density at radius 3 is 3.00 bits per heavy atom. The Morgan fingerprint density at radius 2 is 2.33 bits per heavy atom. The summed E-state index contributed by atoms with van der Waals surface area (Å²) >= 11 is 9.02. The number of carboxylic acid groups (broad SMARTS) is 1. The van der Waals surface area contributed by atoms with Gasteiger partial charge >= 0.3 is 5.97 Å². The first-order valence-corrected chi connectivity index (χ1v) is 5.96. The van der Waals surface area contributed by atoms with E-state index >= 15 is 0 Å². The molecule has 0 amide bonds. The lowest BCUT2D eigenvalue weighted by Gasteiger charge is -2.10. The van der Waals surface area contributed by atoms with Crippen molar-refractivity contribution in [2.24, 2.45) is 5.92 Å². The first-order valence-electron chi connectivity index (χ1n) is 5.10. The summed E-state index contributed by atoms with van der Waals surface area (Å²) in [6.07, 6.45) is 0. The summed E-state index contributed by atoms with van der Waals surface area (Å²) in [6, 6.07) is 5.18. The SMILES string of the molecule is CC(C(=O)O)C(=S)Nc1ccc2oc(S)nc2c1. The highest BCUT2D eigenvalue weighted by Gasteiger charge is 2.16. The van der Waals surface area contributed by atoms with E-state index in [1.165, 1.54) is 6.92 Å². The molecule has 0 aliphatic carbocycles. The van der Waals surface area contributed by atoms with E-state index in [-0.39, 0.29) is 10.2 Å². The molecule has 2 aromatic rings. The molecule has 2 N–H and O–H groups in total. The van der Waals surface area contributed by atoms with Crippen molar-refractivity contribution in [3.8, 4) is 0 Å². The number of nitrogens with one attached hydrogen (secondary N) is 1. The molecule has 1 aromatic carbocycles. The summed E-state index contributed by atoms with van der Waals surface area (Å²) in [5, 5.41) is 12.0. The highest BCUT2D eigenvalue weighted by molar-refractivity contribution is 7.80. The van der Waals surface area contributed by atoms with Crippen LogP contribution in [-0.2, 0) is 4.79 Å². The van der Waals surface area contributed by atoms with Crippen molar-refractivity contribution in [1.29, 1.82) is 0 Å². The number of aliphatic carboxylic acids is 1. The van der Waals surface area contributed by atoms with Crippen molar-refractivity contribution in [3.63, 3.8) is 0 Å². The number of carbonyl (C=O) groups is 1. The lowest BCUT2D eigenvalue weighted by Crippen LogP contribution is -2.25. The zero-order valence-corrected chi connectivity index (χ0v) is 11.1. The molecule has 0 bridgehead atoms. The minimum atomic E-state index is -0.965. The van der Waals surface area contributed by atoms with Crippen LogP contribution in [-0.4, -0.2) is 21.0 Å². The molecule has 7 heteroatoms. The molecule has 1 heterocycles. The summed E-state index contributed by atoms with van der Waals surface area (Å²) in [7, 11) is 0. The maximum absolute atomic E-state index is 10.8. The normalized spacial score (nSPS) is 12.3. The van der Waals surface area contributed by atoms with Gasteiger partial charge in [0.1, 0.15) is 11.4 Å². The van der Waals surface area contributed by atoms with E-state index in [0.717, 1.165) is 0 Å². The molecular weight excluding hydrogens is 272 g/mol. The van der Waals surface area contributed by atoms with Gasteiger partial charge in [-0.15, -0.1) is 0 Å². The van der Waals surface area contributed by atoms with Crippen LogP contribution in [0.25, 0.3) is 11.1 Å². The highest BCUT2D eigenvalue weighted by atomic mass is 32.1. The van der Waals surface area contributed by atoms with Crippen LogP contribution >= 0.6 is 24.8 Å². The number of aromatic nitrogens is 1. The summed E-state index contributed by atoms with van der Waals surface area (Å²) in [6.45, 7) is 1.53. The Bertz CT molecular complexity index is 624. The quantitative estimate of drug-likeness (QED) is 0.593. The molecule has 1 aromatic heterocycles. The largest absolute Gasteiger partial charge is 0.481 e. The third-order valence-electron chi connectivity index (χ3n) is 2.41. The van der Waals surface area contributed by atoms with E-state index in [1.54, 1.807) is 18.2 Å². The Labute approximate surface area is 114 Å². The number of hydrogen-bond donors (Lipinski definition) is 3. The number of benzene rings is 1. The molecular formula is C11H10N2O3S2. The summed E-state index contributed by atoms with van der Waals surface area (Å²) < 4.78 is 5.21. The third-order valence-corrected chi connectivity index (χ3v) is 3.05. The van der Waals surface area contributed by atoms with Gasteiger partial charge in [0.25, 0.3) is 5.22 Å². The van der Waals surface area contributed by atoms with Gasteiger partial charge in [0.05, 0.1) is 4.99 Å². The molecule has 0 fully saturated rings. The number of hydrogen-bond acceptors (Lipinski definition) is 5. The monoisotopic (exact) mass is 282 g/mol. The molecule has 5 nitrogen and oxygen atoms in total. The summed E-state index contributed by atoms with van der Waals surface area (Å²) in [4.78, 5) is 15.1. The van der Waals surface area contributed by atoms with Crippen LogP contribution in [0.1, 0.15) is 6.92 Å². The zero-order chi connectivity index (χ0) is 13.3. The van der Waals surface area contributed by atoms with Crippen LogP contribution < -0.4 is 5.32 Å². The van der Waals surface area contributed by atoms with Crippen LogP contribution in [0, 0.1) is 5.92 Å². The Balaban J connectivity index is 2.21. The number of nitrogens with zero attached hydrogens (tertiary/aromatic N) is 1. The summed E-state index contributed by atoms with van der Waals surface area (Å²) in [5.74, 6) is -1.71. The zero-order valence-electron chi connectivity index (χ0n) is 9.38. The summed E-state index contributed by atoms with van der Waals surface area (Å²) in [5.41, 5.74) is 1.92. The van der Waals surface area contributed by atoms with E-state index < -0.39 is 11.9 Å². The molecule has 0 aliphatic rings. The van der Waals surface area contributed by atoms with E-state index in [9.17, 15) is 4.79 Å². The average molecular weight is 282 g/mol. The van der Waals surface area contributed by atoms with Gasteiger partial charge in [0, 0.05) is 5.69 Å². The Morgan fingerprint density at radius 1 is 1.61 bits per heavy atom. The topological polar surface area (TPSA) is 75.4 Å². The molecule has 1 unspecified atom stereocenters. The molecule has 0 spiro atoms. The first kappa shape index (κ1) is 12.8. The van der Waals surface area contributed by atoms with E-state index in [0.29, 0.717) is 16.8 Å². The van der Waals surface area contributed by atoms with Crippen LogP contribution in [0.2, 0.25) is 0 Å². The fourth-order valence-corrected chi connectivity index (χ4v) is 1.78. The lowest BCUT2D eigenvalue weighted by molar-refractivity contribution is -0.138. The molecule has 0 radical (unpaired) electrons. The van der Waals surface area contributed by atoms with Crippen molar-refractivity contribution in [2.75, 3.05) is 5.32 Å². The van der Waals surface area contributed by atoms with Gasteiger partial charge in [-0.1, -0.05) is 24.8 Å². The van der Waals surface area contributed by atoms with Gasteiger partial charge < -0.3 is 14.8 Å². The molecule has 2 rings (SSSR count). The van der Waals surface area contributed by atoms with Gasteiger partial charge in [0.15, 0.2) is 5.58 Å². The fourth-order valence-electron chi connectivity index (χ4n) is 1.36. The molecule has 0 aliphatic heterocycles. The Hall–Kier alpha value is -1.60. The first-order chi connectivity index (χ1) is 8.47. The second-order valence-corrected chi connectivity index (χ2v) is 4.55. The van der Waals surface area contributed by atoms with E-state index in [2.05, 4.69) is 22.9 Å². The minimum absolute atomic E-state index is 0.247. The maximum atomic E-state index is 10.8. The van der Waals surface area contributed by atoms with Crippen LogP contribution in [0.3, 0.4) is 0 Å². The van der Waals surface area contributed by atoms with Gasteiger partial charge in [-0.25, -0.2) is 4.98 Å². The number of carboxylic acids is 1.